The van der Waals surface area contributed by atoms with Crippen LogP contribution in [0.2, 0.25) is 0 Å². The first-order chi connectivity index (χ1) is 12.9. The fourth-order valence-corrected chi connectivity index (χ4v) is 3.01. The number of hydrogen-bond acceptors (Lipinski definition) is 4. The van der Waals surface area contributed by atoms with Gasteiger partial charge in [-0.25, -0.2) is 4.68 Å². The van der Waals surface area contributed by atoms with Crippen LogP contribution >= 0.6 is 0 Å². The molecule has 2 aliphatic rings. The molecule has 0 aliphatic carbocycles. The number of fused-ring (bicyclic) bond motifs is 3. The highest BCUT2D eigenvalue weighted by atomic mass is 19.4. The van der Waals surface area contributed by atoms with E-state index in [0.717, 1.165) is 16.8 Å². The van der Waals surface area contributed by atoms with Gasteiger partial charge in [0.2, 0.25) is 0 Å². The molecule has 2 aromatic rings. The molecule has 8 heteroatoms. The molecule has 0 radical (unpaired) electrons. The molecule has 2 heterocycles. The van der Waals surface area contributed by atoms with E-state index in [4.69, 9.17) is 9.52 Å². The van der Waals surface area contributed by atoms with Crippen LogP contribution in [0.4, 0.5) is 13.2 Å². The zero-order chi connectivity index (χ0) is 19.2. The first kappa shape index (κ1) is 17.3. The van der Waals surface area contributed by atoms with Crippen LogP contribution in [0.3, 0.4) is 0 Å². The van der Waals surface area contributed by atoms with Gasteiger partial charge < -0.3 is 9.52 Å². The van der Waals surface area contributed by atoms with Gasteiger partial charge in [0.25, 0.3) is 5.56 Å². The Labute approximate surface area is 150 Å². The summed E-state index contributed by atoms with van der Waals surface area (Å²) in [6.07, 6.45) is -4.45. The van der Waals surface area contributed by atoms with Crippen molar-refractivity contribution in [3.63, 3.8) is 0 Å². The van der Waals surface area contributed by atoms with Crippen LogP contribution in [0, 0.1) is 0 Å². The molecule has 0 aromatic heterocycles. The summed E-state index contributed by atoms with van der Waals surface area (Å²) in [5, 5.41) is 14.0. The standard InChI is InChI=1S/C19H13F3N2O3/c20-19(21,22)12-7-5-11(6-8-12)17-15-16(23-24(9-10-25)18(15)26)13-3-1-2-4-14(13)27-17/h1-8,25H,9-10H2. The quantitative estimate of drug-likeness (QED) is 0.593. The first-order valence-electron chi connectivity index (χ1n) is 8.11. The third-order valence-electron chi connectivity index (χ3n) is 4.27. The number of benzene rings is 2. The average Bonchev–Trinajstić information content (AvgIpc) is 2.98. The number of rotatable bonds is 3. The molecule has 138 valence electrons. The molecule has 27 heavy (non-hydrogen) atoms. The van der Waals surface area contributed by atoms with Crippen molar-refractivity contribution in [1.29, 1.82) is 0 Å². The molecule has 1 N–H and O–H groups in total. The molecule has 0 unspecified atom stereocenters. The van der Waals surface area contributed by atoms with E-state index in [-0.39, 0.29) is 24.5 Å². The molecule has 0 saturated carbocycles. The Kier molecular flexibility index (Phi) is 4.00. The number of aromatic nitrogens is 2. The Morgan fingerprint density at radius 3 is 2.44 bits per heavy atom. The second-order valence-corrected chi connectivity index (χ2v) is 5.98. The average molecular weight is 374 g/mol. The second-order valence-electron chi connectivity index (χ2n) is 5.98. The summed E-state index contributed by atoms with van der Waals surface area (Å²) in [6.45, 7) is -0.262. The van der Waals surface area contributed by atoms with Crippen LogP contribution in [0.5, 0.6) is 0 Å². The van der Waals surface area contributed by atoms with Gasteiger partial charge in [0, 0.05) is 10.9 Å². The molecule has 0 atom stereocenters. The Morgan fingerprint density at radius 1 is 1.07 bits per heavy atom. The van der Waals surface area contributed by atoms with Crippen LogP contribution < -0.4 is 5.56 Å². The van der Waals surface area contributed by atoms with Gasteiger partial charge in [-0.15, -0.1) is 0 Å². The predicted molar refractivity (Wildman–Crippen MR) is 92.4 cm³/mol. The lowest BCUT2D eigenvalue weighted by Crippen LogP contribution is -2.18. The number of hydrogen-bond donors (Lipinski definition) is 1. The van der Waals surface area contributed by atoms with Crippen molar-refractivity contribution < 1.29 is 22.7 Å². The largest absolute Gasteiger partial charge is 0.455 e. The van der Waals surface area contributed by atoms with Crippen molar-refractivity contribution in [2.75, 3.05) is 6.61 Å². The summed E-state index contributed by atoms with van der Waals surface area (Å²) in [4.78, 5) is 12.7. The fourth-order valence-electron chi connectivity index (χ4n) is 3.01. The molecule has 5 nitrogen and oxygen atoms in total. The van der Waals surface area contributed by atoms with E-state index in [2.05, 4.69) is 5.10 Å². The lowest BCUT2D eigenvalue weighted by Gasteiger charge is -2.10. The summed E-state index contributed by atoms with van der Waals surface area (Å²) >= 11 is 0. The highest BCUT2D eigenvalue weighted by molar-refractivity contribution is 5.96. The topological polar surface area (TPSA) is 68.3 Å². The van der Waals surface area contributed by atoms with Crippen molar-refractivity contribution >= 4 is 11.0 Å². The minimum Gasteiger partial charge on any atom is -0.455 e. The van der Waals surface area contributed by atoms with E-state index >= 15 is 0 Å². The molecule has 0 spiro atoms. The number of alkyl halides is 3. The second kappa shape index (κ2) is 6.24. The molecule has 2 aromatic carbocycles. The van der Waals surface area contributed by atoms with E-state index in [1.807, 2.05) is 0 Å². The highest BCUT2D eigenvalue weighted by Crippen LogP contribution is 2.38. The number of para-hydroxylation sites is 1. The molecule has 4 rings (SSSR count). The third kappa shape index (κ3) is 2.87. The maximum atomic E-state index is 12.8. The summed E-state index contributed by atoms with van der Waals surface area (Å²) in [7, 11) is 0. The van der Waals surface area contributed by atoms with Crippen molar-refractivity contribution in [2.24, 2.45) is 0 Å². The van der Waals surface area contributed by atoms with E-state index in [9.17, 15) is 18.0 Å². The van der Waals surface area contributed by atoms with Crippen molar-refractivity contribution in [3.05, 3.63) is 64.4 Å². The zero-order valence-electron chi connectivity index (χ0n) is 13.8. The van der Waals surface area contributed by atoms with Crippen LogP contribution in [0.15, 0.2) is 57.7 Å². The van der Waals surface area contributed by atoms with Gasteiger partial charge in [-0.1, -0.05) is 24.3 Å². The van der Waals surface area contributed by atoms with Gasteiger partial charge in [-0.3, -0.25) is 4.79 Å². The van der Waals surface area contributed by atoms with Gasteiger partial charge >= 0.3 is 6.18 Å². The van der Waals surface area contributed by atoms with Gasteiger partial charge in [-0.2, -0.15) is 18.3 Å². The first-order valence-corrected chi connectivity index (χ1v) is 8.11. The number of nitrogens with zero attached hydrogens (tertiary/aromatic N) is 2. The predicted octanol–water partition coefficient (Wildman–Crippen LogP) is 3.77. The van der Waals surface area contributed by atoms with Gasteiger partial charge in [0.15, 0.2) is 0 Å². The number of aliphatic hydroxyl groups is 1. The molecule has 0 amide bonds. The molecule has 2 aliphatic heterocycles. The van der Waals surface area contributed by atoms with Crippen molar-refractivity contribution in [3.8, 4) is 22.6 Å². The van der Waals surface area contributed by atoms with Gasteiger partial charge in [0.05, 0.1) is 18.7 Å². The lowest BCUT2D eigenvalue weighted by atomic mass is 10.0. The summed E-state index contributed by atoms with van der Waals surface area (Å²) in [6, 6.07) is 11.4. The normalized spacial score (nSPS) is 12.1. The molecule has 0 fully saturated rings. The van der Waals surface area contributed by atoms with Crippen LogP contribution in [-0.2, 0) is 12.7 Å². The van der Waals surface area contributed by atoms with Crippen molar-refractivity contribution in [1.82, 2.24) is 9.78 Å². The molecular weight excluding hydrogens is 361 g/mol. The van der Waals surface area contributed by atoms with E-state index < -0.39 is 17.3 Å². The Hall–Kier alpha value is -3.13. The zero-order valence-corrected chi connectivity index (χ0v) is 13.8. The van der Waals surface area contributed by atoms with Gasteiger partial charge in [-0.05, 0) is 24.3 Å². The number of aliphatic hydroxyl groups excluding tert-OH is 1. The fraction of sp³-hybridized carbons (Fsp3) is 0.158. The SMILES string of the molecule is O=c1c2c(-c3ccc(C(F)(F)F)cc3)oc3ccccc3c-2nn1CCO. The minimum absolute atomic E-state index is 0.00823. The maximum Gasteiger partial charge on any atom is 0.416 e. The van der Waals surface area contributed by atoms with Crippen LogP contribution in [0.1, 0.15) is 5.56 Å². The monoisotopic (exact) mass is 374 g/mol. The Morgan fingerprint density at radius 2 is 1.78 bits per heavy atom. The molecule has 0 bridgehead atoms. The van der Waals surface area contributed by atoms with Crippen LogP contribution in [0.25, 0.3) is 33.6 Å². The van der Waals surface area contributed by atoms with Crippen molar-refractivity contribution in [2.45, 2.75) is 12.7 Å². The summed E-state index contributed by atoms with van der Waals surface area (Å²) in [5.41, 5.74) is 0.0742. The van der Waals surface area contributed by atoms with E-state index in [1.54, 1.807) is 24.3 Å². The summed E-state index contributed by atoms with van der Waals surface area (Å²) in [5.74, 6) is 0.145. The summed E-state index contributed by atoms with van der Waals surface area (Å²) < 4.78 is 45.5. The minimum atomic E-state index is -4.45. The number of halogens is 3. The highest BCUT2D eigenvalue weighted by Gasteiger charge is 2.31. The molecular formula is C19H13F3N2O3. The third-order valence-corrected chi connectivity index (χ3v) is 4.27. The molecule has 0 saturated heterocycles. The van der Waals surface area contributed by atoms with E-state index in [0.29, 0.717) is 22.2 Å². The van der Waals surface area contributed by atoms with Crippen LogP contribution in [-0.4, -0.2) is 21.5 Å². The smallest absolute Gasteiger partial charge is 0.416 e. The Bertz CT molecular complexity index is 1140. The van der Waals surface area contributed by atoms with E-state index in [1.165, 1.54) is 12.1 Å². The lowest BCUT2D eigenvalue weighted by molar-refractivity contribution is -0.137. The Balaban J connectivity index is 2.00. The van der Waals surface area contributed by atoms with Gasteiger partial charge in [0.1, 0.15) is 22.6 Å². The maximum absolute atomic E-state index is 12.8.